The van der Waals surface area contributed by atoms with E-state index in [1.807, 2.05) is 0 Å². The Hall–Kier alpha value is -1.84. The van der Waals surface area contributed by atoms with Crippen molar-refractivity contribution in [2.45, 2.75) is 0 Å². The van der Waals surface area contributed by atoms with Gasteiger partial charge in [0.05, 0.1) is 0 Å². The number of hydrogen-bond donors (Lipinski definition) is 2. The second-order valence-electron chi connectivity index (χ2n) is 3.08. The molecule has 0 saturated carbocycles. The molecule has 5 heteroatoms. The van der Waals surface area contributed by atoms with Crippen molar-refractivity contribution < 1.29 is 26.7 Å². The van der Waals surface area contributed by atoms with Crippen molar-refractivity contribution in [2.24, 2.45) is 11.5 Å². The summed E-state index contributed by atoms with van der Waals surface area (Å²) >= 11 is 0. The Morgan fingerprint density at radius 1 is 0.941 bits per heavy atom. The van der Waals surface area contributed by atoms with Gasteiger partial charge in [-0.1, -0.05) is 5.56 Å². The first kappa shape index (κ1) is 15.2. The standard InChI is InChI=1S/2C6H6NO.Fe/c2*7-6(8)5-3-1-2-4-5;/h2*1-4H,(H2,7,8);/q-5;-1;. The van der Waals surface area contributed by atoms with Crippen molar-refractivity contribution in [1.82, 2.24) is 0 Å². The van der Waals surface area contributed by atoms with Crippen LogP contribution in [0.2, 0.25) is 0 Å². The summed E-state index contributed by atoms with van der Waals surface area (Å²) in [5, 5.41) is 0. The summed E-state index contributed by atoms with van der Waals surface area (Å²) in [6, 6.07) is 13.8. The van der Waals surface area contributed by atoms with Crippen LogP contribution in [-0.4, -0.2) is 11.8 Å². The van der Waals surface area contributed by atoms with E-state index in [4.69, 9.17) is 11.5 Å². The second-order valence-corrected chi connectivity index (χ2v) is 3.08. The van der Waals surface area contributed by atoms with Crippen molar-refractivity contribution in [3.63, 3.8) is 0 Å². The van der Waals surface area contributed by atoms with Crippen molar-refractivity contribution in [3.05, 3.63) is 59.7 Å². The summed E-state index contributed by atoms with van der Waals surface area (Å²) in [5.74, 6) is -0.731. The summed E-state index contributed by atoms with van der Waals surface area (Å²) in [5.41, 5.74) is 11.0. The van der Waals surface area contributed by atoms with Gasteiger partial charge in [-0.25, -0.2) is 12.1 Å². The molecular weight excluding hydrogens is 260 g/mol. The normalized spacial score (nSPS) is 8.47. The van der Waals surface area contributed by atoms with E-state index in [0.717, 1.165) is 0 Å². The first-order valence-electron chi connectivity index (χ1n) is 4.64. The fourth-order valence-corrected chi connectivity index (χ4v) is 1.08. The number of carbonyl (C=O) groups is 2. The molecule has 2 aromatic carbocycles. The Morgan fingerprint density at radius 2 is 1.41 bits per heavy atom. The molecule has 0 aromatic heterocycles. The van der Waals surface area contributed by atoms with Crippen LogP contribution in [0.5, 0.6) is 0 Å². The number of nitrogens with two attached hydrogens (primary N) is 2. The smallest absolute Gasteiger partial charge is 0.192 e. The van der Waals surface area contributed by atoms with E-state index in [-0.39, 0.29) is 28.9 Å². The van der Waals surface area contributed by atoms with Crippen molar-refractivity contribution in [2.75, 3.05) is 0 Å². The molecular formula is C12H12FeN2O2-6. The Bertz CT molecular complexity index is 403. The third-order valence-corrected chi connectivity index (χ3v) is 1.89. The van der Waals surface area contributed by atoms with Gasteiger partial charge >= 0.3 is 0 Å². The third kappa shape index (κ3) is 5.15. The Kier molecular flexibility index (Phi) is 6.63. The first-order chi connectivity index (χ1) is 7.61. The van der Waals surface area contributed by atoms with E-state index in [9.17, 15) is 9.59 Å². The fourth-order valence-electron chi connectivity index (χ4n) is 1.08. The molecule has 0 aliphatic rings. The van der Waals surface area contributed by atoms with Gasteiger partial charge in [0, 0.05) is 17.1 Å². The molecule has 0 fully saturated rings. The van der Waals surface area contributed by atoms with E-state index < -0.39 is 0 Å². The van der Waals surface area contributed by atoms with Crippen LogP contribution in [0.25, 0.3) is 0 Å². The molecule has 0 atom stereocenters. The minimum atomic E-state index is -0.366. The van der Waals surface area contributed by atoms with Crippen LogP contribution < -0.4 is 11.5 Å². The van der Waals surface area contributed by atoms with Crippen molar-refractivity contribution >= 4 is 11.8 Å². The summed E-state index contributed by atoms with van der Waals surface area (Å²) in [4.78, 5) is 20.6. The number of amides is 2. The zero-order valence-electron chi connectivity index (χ0n) is 8.94. The molecule has 2 amide bonds. The van der Waals surface area contributed by atoms with Crippen LogP contribution >= 0.6 is 0 Å². The maximum absolute atomic E-state index is 10.3. The van der Waals surface area contributed by atoms with Crippen LogP contribution in [0.1, 0.15) is 20.7 Å². The molecule has 2 aromatic rings. The molecule has 4 nitrogen and oxygen atoms in total. The molecule has 0 bridgehead atoms. The molecule has 0 saturated heterocycles. The topological polar surface area (TPSA) is 86.2 Å². The second kappa shape index (κ2) is 7.44. The zero-order chi connectivity index (χ0) is 12.0. The van der Waals surface area contributed by atoms with Crippen molar-refractivity contribution in [3.8, 4) is 0 Å². The minimum Gasteiger partial charge on any atom is -0.699 e. The van der Waals surface area contributed by atoms with Crippen LogP contribution in [0.3, 0.4) is 0 Å². The largest absolute Gasteiger partial charge is 0.699 e. The SMILES string of the molecule is NC(=O)[c-]1[cH-][cH-][cH-][cH-]1.NC(=O)[c-]1cccc1.[Fe]. The zero-order valence-corrected chi connectivity index (χ0v) is 10.0. The van der Waals surface area contributed by atoms with Gasteiger partial charge < -0.3 is 46.1 Å². The fraction of sp³-hybridized carbons (Fsp3) is 0. The quantitative estimate of drug-likeness (QED) is 0.631. The van der Waals surface area contributed by atoms with Crippen LogP contribution in [0, 0.1) is 0 Å². The van der Waals surface area contributed by atoms with Gasteiger partial charge in [0.2, 0.25) is 0 Å². The molecule has 96 valence electrons. The molecule has 0 heterocycles. The molecule has 0 aliphatic heterocycles. The maximum Gasteiger partial charge on any atom is 0.192 e. The summed E-state index contributed by atoms with van der Waals surface area (Å²) in [6.07, 6.45) is 0. The monoisotopic (exact) mass is 272 g/mol. The van der Waals surface area contributed by atoms with Crippen LogP contribution in [-0.2, 0) is 17.1 Å². The van der Waals surface area contributed by atoms with Crippen LogP contribution in [0.15, 0.2) is 48.5 Å². The number of hydrogen-bond acceptors (Lipinski definition) is 2. The van der Waals surface area contributed by atoms with Gasteiger partial charge in [0.1, 0.15) is 0 Å². The summed E-state index contributed by atoms with van der Waals surface area (Å²) in [6.45, 7) is 0. The molecule has 2 rings (SSSR count). The molecule has 4 N–H and O–H groups in total. The summed E-state index contributed by atoms with van der Waals surface area (Å²) in [7, 11) is 0. The molecule has 0 unspecified atom stereocenters. The van der Waals surface area contributed by atoms with E-state index in [2.05, 4.69) is 0 Å². The van der Waals surface area contributed by atoms with E-state index in [1.54, 1.807) is 48.5 Å². The predicted molar refractivity (Wildman–Crippen MR) is 61.1 cm³/mol. The van der Waals surface area contributed by atoms with Gasteiger partial charge in [0.25, 0.3) is 0 Å². The minimum absolute atomic E-state index is 0. The van der Waals surface area contributed by atoms with Gasteiger partial charge in [-0.2, -0.15) is 18.0 Å². The molecule has 17 heavy (non-hydrogen) atoms. The first-order valence-corrected chi connectivity index (χ1v) is 4.64. The van der Waals surface area contributed by atoms with Gasteiger partial charge in [-0.15, -0.1) is 0 Å². The number of rotatable bonds is 2. The van der Waals surface area contributed by atoms with Crippen LogP contribution in [0.4, 0.5) is 0 Å². The van der Waals surface area contributed by atoms with E-state index in [0.29, 0.717) is 11.1 Å². The number of carbonyl (C=O) groups excluding carboxylic acids is 2. The maximum atomic E-state index is 10.3. The third-order valence-electron chi connectivity index (χ3n) is 1.89. The Labute approximate surface area is 110 Å². The van der Waals surface area contributed by atoms with Crippen molar-refractivity contribution in [1.29, 1.82) is 0 Å². The van der Waals surface area contributed by atoms with Gasteiger partial charge in [-0.3, -0.25) is 4.79 Å². The summed E-state index contributed by atoms with van der Waals surface area (Å²) < 4.78 is 0. The van der Waals surface area contributed by atoms with E-state index >= 15 is 0 Å². The average Bonchev–Trinajstić information content (AvgIpc) is 2.93. The predicted octanol–water partition coefficient (Wildman–Crippen LogP) is 1.01. The molecule has 0 spiro atoms. The average molecular weight is 272 g/mol. The molecule has 0 radical (unpaired) electrons. The molecule has 0 aliphatic carbocycles. The number of primary amides is 2. The Morgan fingerprint density at radius 3 is 1.65 bits per heavy atom. The van der Waals surface area contributed by atoms with Gasteiger partial charge in [0.15, 0.2) is 5.91 Å². The van der Waals surface area contributed by atoms with Gasteiger partial charge in [-0.05, 0) is 0 Å². The Balaban J connectivity index is 0.000000284. The van der Waals surface area contributed by atoms with E-state index in [1.165, 1.54) is 0 Å².